The molecule has 5 aliphatic carbocycles. The molecule has 28 heavy (non-hydrogen) atoms. The van der Waals surface area contributed by atoms with Crippen molar-refractivity contribution in [2.75, 3.05) is 0 Å². The second-order valence-corrected chi connectivity index (χ2v) is 12.2. The Labute approximate surface area is 173 Å². The number of hydrogen-bond acceptors (Lipinski definition) is 0. The summed E-state index contributed by atoms with van der Waals surface area (Å²) < 4.78 is 0. The van der Waals surface area contributed by atoms with Crippen LogP contribution in [0.15, 0.2) is 35.5 Å². The van der Waals surface area contributed by atoms with E-state index in [1.807, 2.05) is 11.1 Å². The SMILES string of the molecule is CC(C)C(C)/C=C/C(C)C1CCC2=C3C=CC45CC4CCC5(C)C3CCC21C. The first-order chi connectivity index (χ1) is 13.2. The quantitative estimate of drug-likeness (QED) is 0.435. The van der Waals surface area contributed by atoms with Gasteiger partial charge in [-0.25, -0.2) is 0 Å². The van der Waals surface area contributed by atoms with Crippen molar-refractivity contribution in [1.29, 1.82) is 0 Å². The van der Waals surface area contributed by atoms with Crippen molar-refractivity contribution in [1.82, 2.24) is 0 Å². The van der Waals surface area contributed by atoms with Crippen LogP contribution in [0.5, 0.6) is 0 Å². The number of allylic oxidation sites excluding steroid dienone is 6. The maximum absolute atomic E-state index is 2.70. The first kappa shape index (κ1) is 19.2. The topological polar surface area (TPSA) is 0 Å². The highest BCUT2D eigenvalue weighted by molar-refractivity contribution is 5.46. The van der Waals surface area contributed by atoms with E-state index in [1.165, 1.54) is 44.9 Å². The van der Waals surface area contributed by atoms with E-state index in [9.17, 15) is 0 Å². The normalized spacial score (nSPS) is 48.5. The standard InChI is InChI=1S/C28H42/c1-18(2)19(3)7-8-20(4)23-9-10-24-22-12-16-28-17-21(28)11-15-27(28,6)25(22)13-14-26(23,24)5/h7-8,12,16,18-21,23,25H,9-11,13-15,17H2,1-6H3/b8-7+. The Morgan fingerprint density at radius 2 is 1.79 bits per heavy atom. The van der Waals surface area contributed by atoms with Gasteiger partial charge in [-0.05, 0) is 102 Å². The fourth-order valence-corrected chi connectivity index (χ4v) is 8.42. The minimum Gasteiger partial charge on any atom is -0.0852 e. The van der Waals surface area contributed by atoms with Gasteiger partial charge in [-0.15, -0.1) is 0 Å². The predicted octanol–water partition coefficient (Wildman–Crippen LogP) is 7.97. The summed E-state index contributed by atoms with van der Waals surface area (Å²) in [6, 6.07) is 0. The molecule has 154 valence electrons. The fraction of sp³-hybridized carbons (Fsp3) is 0.786. The zero-order valence-corrected chi connectivity index (χ0v) is 19.2. The van der Waals surface area contributed by atoms with E-state index in [0.29, 0.717) is 28.1 Å². The molecule has 0 nitrogen and oxygen atoms in total. The molecule has 1 spiro atoms. The number of rotatable bonds is 4. The monoisotopic (exact) mass is 378 g/mol. The van der Waals surface area contributed by atoms with Crippen molar-refractivity contribution in [3.8, 4) is 0 Å². The minimum absolute atomic E-state index is 0.448. The Morgan fingerprint density at radius 3 is 2.50 bits per heavy atom. The molecule has 0 aromatic carbocycles. The zero-order chi connectivity index (χ0) is 19.9. The molecular weight excluding hydrogens is 336 g/mol. The molecule has 8 atom stereocenters. The molecule has 3 fully saturated rings. The molecule has 5 aliphatic rings. The molecule has 8 unspecified atom stereocenters. The van der Waals surface area contributed by atoms with Gasteiger partial charge in [0.1, 0.15) is 0 Å². The van der Waals surface area contributed by atoms with Crippen LogP contribution in [-0.2, 0) is 0 Å². The van der Waals surface area contributed by atoms with Gasteiger partial charge in [0.25, 0.3) is 0 Å². The Bertz CT molecular complexity index is 750. The summed E-state index contributed by atoms with van der Waals surface area (Å²) in [4.78, 5) is 0. The second-order valence-electron chi connectivity index (χ2n) is 12.2. The Morgan fingerprint density at radius 1 is 1.00 bits per heavy atom. The highest BCUT2D eigenvalue weighted by Crippen LogP contribution is 2.79. The van der Waals surface area contributed by atoms with Crippen LogP contribution in [0, 0.1) is 51.8 Å². The van der Waals surface area contributed by atoms with Crippen LogP contribution in [0.1, 0.15) is 86.5 Å². The molecule has 0 heterocycles. The van der Waals surface area contributed by atoms with Gasteiger partial charge < -0.3 is 0 Å². The lowest BCUT2D eigenvalue weighted by Crippen LogP contribution is -2.42. The van der Waals surface area contributed by atoms with Crippen LogP contribution in [0.25, 0.3) is 0 Å². The van der Waals surface area contributed by atoms with Crippen molar-refractivity contribution < 1.29 is 0 Å². The summed E-state index contributed by atoms with van der Waals surface area (Å²) in [6.45, 7) is 14.9. The fourth-order valence-electron chi connectivity index (χ4n) is 8.42. The van der Waals surface area contributed by atoms with Crippen molar-refractivity contribution in [2.45, 2.75) is 86.5 Å². The van der Waals surface area contributed by atoms with Gasteiger partial charge in [-0.3, -0.25) is 0 Å². The third-order valence-corrected chi connectivity index (χ3v) is 10.9. The molecule has 0 aromatic rings. The van der Waals surface area contributed by atoms with E-state index in [4.69, 9.17) is 0 Å². The Kier molecular flexibility index (Phi) is 4.19. The molecule has 0 aliphatic heterocycles. The van der Waals surface area contributed by atoms with E-state index in [2.05, 4.69) is 65.8 Å². The van der Waals surface area contributed by atoms with Gasteiger partial charge in [0.2, 0.25) is 0 Å². The summed E-state index contributed by atoms with van der Waals surface area (Å²) in [7, 11) is 0. The second kappa shape index (κ2) is 6.12. The van der Waals surface area contributed by atoms with E-state index >= 15 is 0 Å². The lowest BCUT2D eigenvalue weighted by molar-refractivity contribution is 0.0893. The number of fused-ring (bicyclic) bond motifs is 3. The van der Waals surface area contributed by atoms with Crippen molar-refractivity contribution >= 4 is 0 Å². The molecular formula is C28H42. The summed E-state index contributed by atoms with van der Waals surface area (Å²) >= 11 is 0. The molecule has 0 bridgehead atoms. The van der Waals surface area contributed by atoms with Gasteiger partial charge in [0.15, 0.2) is 0 Å². The lowest BCUT2D eigenvalue weighted by Gasteiger charge is -2.51. The van der Waals surface area contributed by atoms with Crippen LogP contribution in [0.3, 0.4) is 0 Å². The molecule has 0 N–H and O–H groups in total. The van der Waals surface area contributed by atoms with Gasteiger partial charge in [-0.1, -0.05) is 71.4 Å². The molecule has 3 saturated carbocycles. The molecule has 0 saturated heterocycles. The van der Waals surface area contributed by atoms with Gasteiger partial charge in [-0.2, -0.15) is 0 Å². The van der Waals surface area contributed by atoms with E-state index in [0.717, 1.165) is 23.7 Å². The van der Waals surface area contributed by atoms with E-state index < -0.39 is 0 Å². The largest absolute Gasteiger partial charge is 0.0852 e. The minimum atomic E-state index is 0.448. The molecule has 0 heteroatoms. The predicted molar refractivity (Wildman–Crippen MR) is 120 cm³/mol. The zero-order valence-electron chi connectivity index (χ0n) is 19.2. The van der Waals surface area contributed by atoms with Crippen LogP contribution < -0.4 is 0 Å². The maximum atomic E-state index is 2.70. The van der Waals surface area contributed by atoms with Gasteiger partial charge in [0.05, 0.1) is 0 Å². The van der Waals surface area contributed by atoms with Gasteiger partial charge in [0, 0.05) is 0 Å². The summed E-state index contributed by atoms with van der Waals surface area (Å²) in [5, 5.41) is 0. The smallest absolute Gasteiger partial charge is 0.00239 e. The number of hydrogen-bond donors (Lipinski definition) is 0. The van der Waals surface area contributed by atoms with E-state index in [1.54, 1.807) is 0 Å². The molecule has 5 rings (SSSR count). The third-order valence-electron chi connectivity index (χ3n) is 10.9. The summed E-state index contributed by atoms with van der Waals surface area (Å²) in [5.41, 5.74) is 5.32. The van der Waals surface area contributed by atoms with Crippen LogP contribution in [0.2, 0.25) is 0 Å². The lowest BCUT2D eigenvalue weighted by atomic mass is 9.53. The van der Waals surface area contributed by atoms with Crippen LogP contribution in [0.4, 0.5) is 0 Å². The highest BCUT2D eigenvalue weighted by Gasteiger charge is 2.71. The maximum Gasteiger partial charge on any atom is -0.00239 e. The first-order valence-electron chi connectivity index (χ1n) is 12.3. The molecule has 0 amide bonds. The van der Waals surface area contributed by atoms with Crippen molar-refractivity contribution in [3.05, 3.63) is 35.5 Å². The highest BCUT2D eigenvalue weighted by atomic mass is 14.7. The average molecular weight is 379 g/mol. The van der Waals surface area contributed by atoms with Gasteiger partial charge >= 0.3 is 0 Å². The Balaban J connectivity index is 1.45. The molecule has 0 aromatic heterocycles. The average Bonchev–Trinajstić information content (AvgIpc) is 3.14. The summed E-state index contributed by atoms with van der Waals surface area (Å²) in [5.74, 6) is 4.86. The third kappa shape index (κ3) is 2.36. The first-order valence-corrected chi connectivity index (χ1v) is 12.3. The van der Waals surface area contributed by atoms with Crippen LogP contribution >= 0.6 is 0 Å². The van der Waals surface area contributed by atoms with Crippen LogP contribution in [-0.4, -0.2) is 0 Å². The van der Waals surface area contributed by atoms with Crippen molar-refractivity contribution in [3.63, 3.8) is 0 Å². The summed E-state index contributed by atoms with van der Waals surface area (Å²) in [6.07, 6.45) is 20.5. The molecule has 0 radical (unpaired) electrons. The van der Waals surface area contributed by atoms with E-state index in [-0.39, 0.29) is 0 Å². The Hall–Kier alpha value is -0.780. The van der Waals surface area contributed by atoms with Crippen molar-refractivity contribution in [2.24, 2.45) is 51.8 Å².